The van der Waals surface area contributed by atoms with Crippen LogP contribution in [0.3, 0.4) is 0 Å². The molecular weight excluding hydrogens is 176 g/mol. The zero-order chi connectivity index (χ0) is 8.91. The molecule has 0 aromatic rings. The van der Waals surface area contributed by atoms with Gasteiger partial charge in [-0.2, -0.15) is 0 Å². The molecule has 0 heterocycles. The van der Waals surface area contributed by atoms with Gasteiger partial charge in [0.25, 0.3) is 6.43 Å². The first-order valence-electron chi connectivity index (χ1n) is 3.16. The maximum Gasteiger partial charge on any atom is 0.252 e. The molecule has 0 fully saturated rings. The van der Waals surface area contributed by atoms with Gasteiger partial charge in [0.1, 0.15) is 5.75 Å². The van der Waals surface area contributed by atoms with Crippen molar-refractivity contribution in [2.24, 2.45) is 5.73 Å². The first-order chi connectivity index (χ1) is 4.98. The van der Waals surface area contributed by atoms with E-state index in [1.54, 1.807) is 0 Å². The number of hydrogen-bond acceptors (Lipinski definition) is 3. The molecule has 0 aromatic heterocycles. The highest BCUT2D eigenvalue weighted by atomic mass is 32.2. The van der Waals surface area contributed by atoms with E-state index in [0.717, 1.165) is 0 Å². The quantitative estimate of drug-likeness (QED) is 0.659. The van der Waals surface area contributed by atoms with E-state index in [1.807, 2.05) is 0 Å². The fraction of sp³-hybridized carbons (Fsp3) is 1.00. The molecule has 0 aliphatic heterocycles. The van der Waals surface area contributed by atoms with Crippen molar-refractivity contribution in [3.63, 3.8) is 0 Å². The van der Waals surface area contributed by atoms with Crippen LogP contribution in [0, 0.1) is 0 Å². The minimum atomic E-state index is -3.57. The molecule has 6 heteroatoms. The van der Waals surface area contributed by atoms with Crippen LogP contribution in [0.5, 0.6) is 0 Å². The predicted molar refractivity (Wildman–Crippen MR) is 38.3 cm³/mol. The Bertz CT molecular complexity index is 191. The Kier molecular flexibility index (Phi) is 4.51. The number of sulfone groups is 1. The van der Waals surface area contributed by atoms with Gasteiger partial charge < -0.3 is 5.73 Å². The van der Waals surface area contributed by atoms with Gasteiger partial charge in [-0.1, -0.05) is 0 Å². The van der Waals surface area contributed by atoms with Crippen molar-refractivity contribution < 1.29 is 17.2 Å². The van der Waals surface area contributed by atoms with Crippen LogP contribution in [0.25, 0.3) is 0 Å². The summed E-state index contributed by atoms with van der Waals surface area (Å²) in [5.74, 6) is -1.29. The Morgan fingerprint density at radius 1 is 1.36 bits per heavy atom. The summed E-state index contributed by atoms with van der Waals surface area (Å²) in [6, 6.07) is 0. The van der Waals surface area contributed by atoms with E-state index in [9.17, 15) is 17.2 Å². The van der Waals surface area contributed by atoms with E-state index >= 15 is 0 Å². The fourth-order valence-electron chi connectivity index (χ4n) is 0.579. The third-order valence-corrected chi connectivity index (χ3v) is 2.71. The smallest absolute Gasteiger partial charge is 0.252 e. The Labute approximate surface area is 64.5 Å². The zero-order valence-electron chi connectivity index (χ0n) is 5.96. The lowest BCUT2D eigenvalue weighted by molar-refractivity contribution is 0.174. The highest BCUT2D eigenvalue weighted by Crippen LogP contribution is 2.00. The minimum Gasteiger partial charge on any atom is -0.330 e. The van der Waals surface area contributed by atoms with Crippen LogP contribution in [-0.4, -0.2) is 32.9 Å². The Hall–Kier alpha value is -0.230. The second kappa shape index (κ2) is 4.61. The topological polar surface area (TPSA) is 60.2 Å². The van der Waals surface area contributed by atoms with Crippen LogP contribution in [0.2, 0.25) is 0 Å². The van der Waals surface area contributed by atoms with Crippen molar-refractivity contribution in [1.82, 2.24) is 0 Å². The summed E-state index contributed by atoms with van der Waals surface area (Å²) in [6.45, 7) is 0.211. The second-order valence-electron chi connectivity index (χ2n) is 2.15. The molecule has 0 spiro atoms. The summed E-state index contributed by atoms with van der Waals surface area (Å²) in [5, 5.41) is 0. The van der Waals surface area contributed by atoms with Gasteiger partial charge >= 0.3 is 0 Å². The first-order valence-corrected chi connectivity index (χ1v) is 4.98. The van der Waals surface area contributed by atoms with Gasteiger partial charge in [-0.3, -0.25) is 0 Å². The minimum absolute atomic E-state index is 0.211. The summed E-state index contributed by atoms with van der Waals surface area (Å²) >= 11 is 0. The summed E-state index contributed by atoms with van der Waals surface area (Å²) in [7, 11) is -3.57. The van der Waals surface area contributed by atoms with Gasteiger partial charge in [0.05, 0.1) is 5.75 Å². The average molecular weight is 187 g/mol. The number of rotatable bonds is 5. The molecule has 0 amide bonds. The molecular formula is C5H11F2NO2S. The molecule has 0 unspecified atom stereocenters. The summed E-state index contributed by atoms with van der Waals surface area (Å²) in [6.07, 6.45) is -2.53. The molecule has 3 nitrogen and oxygen atoms in total. The standard InChI is InChI=1S/C5H11F2NO2S/c6-5(7)4-11(9,10)3-1-2-8/h5H,1-4,8H2. The van der Waals surface area contributed by atoms with Gasteiger partial charge in [-0.25, -0.2) is 17.2 Å². The molecule has 2 N–H and O–H groups in total. The van der Waals surface area contributed by atoms with Crippen molar-refractivity contribution in [3.8, 4) is 0 Å². The lowest BCUT2D eigenvalue weighted by Gasteiger charge is -2.00. The summed E-state index contributed by atoms with van der Waals surface area (Å²) < 4.78 is 44.4. The van der Waals surface area contributed by atoms with Gasteiger partial charge in [-0.15, -0.1) is 0 Å². The molecule has 0 aliphatic rings. The number of nitrogens with two attached hydrogens (primary N) is 1. The number of halogens is 2. The largest absolute Gasteiger partial charge is 0.330 e. The Morgan fingerprint density at radius 2 is 1.91 bits per heavy atom. The molecule has 68 valence electrons. The van der Waals surface area contributed by atoms with E-state index in [0.29, 0.717) is 0 Å². The lowest BCUT2D eigenvalue weighted by atomic mass is 10.5. The monoisotopic (exact) mass is 187 g/mol. The maximum atomic E-state index is 11.5. The third kappa shape index (κ3) is 6.18. The van der Waals surface area contributed by atoms with E-state index in [4.69, 9.17) is 5.73 Å². The van der Waals surface area contributed by atoms with Crippen molar-refractivity contribution in [3.05, 3.63) is 0 Å². The van der Waals surface area contributed by atoms with Crippen molar-refractivity contribution in [2.75, 3.05) is 18.1 Å². The first kappa shape index (κ1) is 10.8. The fourth-order valence-corrected chi connectivity index (χ4v) is 1.74. The van der Waals surface area contributed by atoms with Crippen LogP contribution in [0.15, 0.2) is 0 Å². The molecule has 11 heavy (non-hydrogen) atoms. The van der Waals surface area contributed by atoms with E-state index in [2.05, 4.69) is 0 Å². The lowest BCUT2D eigenvalue weighted by Crippen LogP contribution is -2.18. The van der Waals surface area contributed by atoms with Crippen LogP contribution >= 0.6 is 0 Å². The summed E-state index contributed by atoms with van der Waals surface area (Å²) in [5.41, 5.74) is 5.01. The van der Waals surface area contributed by atoms with E-state index in [1.165, 1.54) is 0 Å². The summed E-state index contributed by atoms with van der Waals surface area (Å²) in [4.78, 5) is 0. The molecule has 0 radical (unpaired) electrons. The molecule has 0 saturated heterocycles. The Balaban J connectivity index is 3.82. The maximum absolute atomic E-state index is 11.5. The number of hydrogen-bond donors (Lipinski definition) is 1. The van der Waals surface area contributed by atoms with Crippen molar-refractivity contribution >= 4 is 9.84 Å². The van der Waals surface area contributed by atoms with Crippen LogP contribution in [0.1, 0.15) is 6.42 Å². The van der Waals surface area contributed by atoms with Crippen molar-refractivity contribution in [1.29, 1.82) is 0 Å². The van der Waals surface area contributed by atoms with Crippen LogP contribution < -0.4 is 5.73 Å². The predicted octanol–water partition coefficient (Wildman–Crippen LogP) is 0.0151. The molecule has 0 rings (SSSR count). The highest BCUT2D eigenvalue weighted by molar-refractivity contribution is 7.91. The molecule has 0 saturated carbocycles. The van der Waals surface area contributed by atoms with E-state index < -0.39 is 22.0 Å². The SMILES string of the molecule is NCCCS(=O)(=O)CC(F)F. The van der Waals surface area contributed by atoms with Crippen LogP contribution in [-0.2, 0) is 9.84 Å². The van der Waals surface area contributed by atoms with Crippen LogP contribution in [0.4, 0.5) is 8.78 Å². The third-order valence-electron chi connectivity index (χ3n) is 1.04. The number of alkyl halides is 2. The molecule has 0 atom stereocenters. The van der Waals surface area contributed by atoms with E-state index in [-0.39, 0.29) is 18.7 Å². The molecule has 0 aromatic carbocycles. The molecule has 0 aliphatic carbocycles. The molecule has 0 bridgehead atoms. The Morgan fingerprint density at radius 3 is 2.27 bits per heavy atom. The van der Waals surface area contributed by atoms with Crippen molar-refractivity contribution in [2.45, 2.75) is 12.8 Å². The second-order valence-corrected chi connectivity index (χ2v) is 4.38. The highest BCUT2D eigenvalue weighted by Gasteiger charge is 2.16. The average Bonchev–Trinajstić information content (AvgIpc) is 1.81. The normalized spacial score (nSPS) is 12.4. The van der Waals surface area contributed by atoms with Gasteiger partial charge in [0, 0.05) is 0 Å². The van der Waals surface area contributed by atoms with Gasteiger partial charge in [0.15, 0.2) is 9.84 Å². The van der Waals surface area contributed by atoms with Gasteiger partial charge in [0.2, 0.25) is 0 Å². The zero-order valence-corrected chi connectivity index (χ0v) is 6.78. The van der Waals surface area contributed by atoms with Gasteiger partial charge in [-0.05, 0) is 13.0 Å².